The van der Waals surface area contributed by atoms with Crippen molar-refractivity contribution in [3.05, 3.63) is 97.4 Å². The molecule has 3 aromatic rings. The largest absolute Gasteiger partial charge is 0.573 e. The Balaban J connectivity index is 1.76. The number of aryl methyl sites for hydroxylation is 1. The molecule has 3 aromatic carbocycles. The standard InChI is InChI=1S/C30H29Br2F3N2O5/c1-2-3-4-6-18-9-11-19(12-10-18)17-36-27(38)21-14-24(31)23(25(32)15-21)16-26(37-28(39)29(40)41)20-7-5-8-22(13-20)42-30(33,34)35/h5,7-15,26H,2-4,6,16-17H2,1H3,(H,36,38)(H,37,39)(H,40,41). The van der Waals surface area contributed by atoms with Gasteiger partial charge in [0.1, 0.15) is 5.75 Å². The summed E-state index contributed by atoms with van der Waals surface area (Å²) in [6.07, 6.45) is -0.460. The van der Waals surface area contributed by atoms with E-state index in [1.54, 1.807) is 12.1 Å². The molecule has 2 amide bonds. The third-order valence-electron chi connectivity index (χ3n) is 6.35. The molecule has 0 aliphatic carbocycles. The molecular formula is C30H29Br2F3N2O5. The summed E-state index contributed by atoms with van der Waals surface area (Å²) >= 11 is 6.87. The van der Waals surface area contributed by atoms with E-state index in [0.717, 1.165) is 37.0 Å². The molecule has 3 rings (SSSR count). The number of hydrogen-bond acceptors (Lipinski definition) is 4. The number of rotatable bonds is 12. The summed E-state index contributed by atoms with van der Waals surface area (Å²) < 4.78 is 43.2. The lowest BCUT2D eigenvalue weighted by molar-refractivity contribution is -0.274. The van der Waals surface area contributed by atoms with Gasteiger partial charge in [-0.15, -0.1) is 13.2 Å². The molecule has 7 nitrogen and oxygen atoms in total. The molecule has 0 aromatic heterocycles. The van der Waals surface area contributed by atoms with Gasteiger partial charge in [-0.2, -0.15) is 0 Å². The molecule has 0 bridgehead atoms. The van der Waals surface area contributed by atoms with Crippen LogP contribution in [-0.2, 0) is 29.0 Å². The monoisotopic (exact) mass is 712 g/mol. The maximum atomic E-state index is 12.9. The second-order valence-electron chi connectivity index (χ2n) is 9.53. The highest BCUT2D eigenvalue weighted by molar-refractivity contribution is 9.11. The molecule has 224 valence electrons. The lowest BCUT2D eigenvalue weighted by Gasteiger charge is -2.21. The van der Waals surface area contributed by atoms with E-state index in [1.807, 2.05) is 12.1 Å². The zero-order valence-electron chi connectivity index (χ0n) is 22.6. The zero-order valence-corrected chi connectivity index (χ0v) is 25.7. The summed E-state index contributed by atoms with van der Waals surface area (Å²) in [4.78, 5) is 36.1. The van der Waals surface area contributed by atoms with Crippen LogP contribution >= 0.6 is 31.9 Å². The van der Waals surface area contributed by atoms with Crippen molar-refractivity contribution in [1.82, 2.24) is 10.6 Å². The fraction of sp³-hybridized carbons (Fsp3) is 0.300. The smallest absolute Gasteiger partial charge is 0.474 e. The van der Waals surface area contributed by atoms with Crippen molar-refractivity contribution in [2.75, 3.05) is 0 Å². The van der Waals surface area contributed by atoms with Crippen molar-refractivity contribution in [2.24, 2.45) is 0 Å². The van der Waals surface area contributed by atoms with Gasteiger partial charge in [-0.25, -0.2) is 4.79 Å². The highest BCUT2D eigenvalue weighted by atomic mass is 79.9. The number of carbonyl (C=O) groups is 3. The van der Waals surface area contributed by atoms with Crippen LogP contribution in [0.1, 0.15) is 64.8 Å². The zero-order chi connectivity index (χ0) is 30.9. The van der Waals surface area contributed by atoms with Gasteiger partial charge in [0.05, 0.1) is 6.04 Å². The van der Waals surface area contributed by atoms with Crippen LogP contribution < -0.4 is 15.4 Å². The number of halogens is 5. The highest BCUT2D eigenvalue weighted by Gasteiger charge is 2.31. The first-order valence-corrected chi connectivity index (χ1v) is 14.7. The second kappa shape index (κ2) is 15.2. The van der Waals surface area contributed by atoms with Gasteiger partial charge < -0.3 is 20.5 Å². The maximum Gasteiger partial charge on any atom is 0.573 e. The molecule has 42 heavy (non-hydrogen) atoms. The Labute approximate surface area is 258 Å². The average molecular weight is 714 g/mol. The molecule has 0 aliphatic rings. The first-order valence-electron chi connectivity index (χ1n) is 13.1. The minimum absolute atomic E-state index is 0.0256. The number of carbonyl (C=O) groups excluding carboxylic acids is 2. The summed E-state index contributed by atoms with van der Waals surface area (Å²) in [6, 6.07) is 15.1. The van der Waals surface area contributed by atoms with E-state index in [4.69, 9.17) is 5.11 Å². The lowest BCUT2D eigenvalue weighted by atomic mass is 9.97. The minimum Gasteiger partial charge on any atom is -0.474 e. The number of aliphatic carboxylic acids is 1. The van der Waals surface area contributed by atoms with Crippen molar-refractivity contribution in [3.63, 3.8) is 0 Å². The Hall–Kier alpha value is -3.38. The topological polar surface area (TPSA) is 105 Å². The normalized spacial score (nSPS) is 12.0. The van der Waals surface area contributed by atoms with Crippen LogP contribution in [0.4, 0.5) is 13.2 Å². The van der Waals surface area contributed by atoms with Crippen LogP contribution in [0.15, 0.2) is 69.6 Å². The number of nitrogens with one attached hydrogen (secondary N) is 2. The van der Waals surface area contributed by atoms with Crippen molar-refractivity contribution in [1.29, 1.82) is 0 Å². The Bertz CT molecular complexity index is 1390. The third-order valence-corrected chi connectivity index (χ3v) is 7.77. The number of ether oxygens (including phenoxy) is 1. The Morgan fingerprint density at radius 2 is 1.60 bits per heavy atom. The average Bonchev–Trinajstić information content (AvgIpc) is 2.92. The van der Waals surface area contributed by atoms with E-state index in [0.29, 0.717) is 26.6 Å². The van der Waals surface area contributed by atoms with Gasteiger partial charge in [0.2, 0.25) is 0 Å². The Morgan fingerprint density at radius 3 is 2.19 bits per heavy atom. The van der Waals surface area contributed by atoms with Crippen LogP contribution in [0.2, 0.25) is 0 Å². The second-order valence-corrected chi connectivity index (χ2v) is 11.2. The molecular weight excluding hydrogens is 685 g/mol. The third kappa shape index (κ3) is 10.2. The SMILES string of the molecule is CCCCCc1ccc(CNC(=O)c2cc(Br)c(CC(NC(=O)C(=O)O)c3cccc(OC(F)(F)F)c3)c(Br)c2)cc1. The minimum atomic E-state index is -4.93. The molecule has 0 saturated heterocycles. The highest BCUT2D eigenvalue weighted by Crippen LogP contribution is 2.33. The van der Waals surface area contributed by atoms with Crippen LogP contribution in [0.3, 0.4) is 0 Å². The molecule has 1 atom stereocenters. The fourth-order valence-corrected chi connectivity index (χ4v) is 5.73. The van der Waals surface area contributed by atoms with Gasteiger partial charge >= 0.3 is 18.2 Å². The summed E-state index contributed by atoms with van der Waals surface area (Å²) in [5, 5.41) is 14.3. The van der Waals surface area contributed by atoms with E-state index < -0.39 is 30.0 Å². The molecule has 1 unspecified atom stereocenters. The van der Waals surface area contributed by atoms with Gasteiger partial charge in [0.25, 0.3) is 5.91 Å². The molecule has 0 fully saturated rings. The van der Waals surface area contributed by atoms with Crippen molar-refractivity contribution < 1.29 is 37.4 Å². The van der Waals surface area contributed by atoms with Crippen molar-refractivity contribution in [3.8, 4) is 5.75 Å². The molecule has 0 heterocycles. The quantitative estimate of drug-likeness (QED) is 0.135. The maximum absolute atomic E-state index is 12.9. The van der Waals surface area contributed by atoms with E-state index in [2.05, 4.69) is 66.3 Å². The number of amides is 2. The summed E-state index contributed by atoms with van der Waals surface area (Å²) in [5.74, 6) is -3.94. The van der Waals surface area contributed by atoms with Crippen LogP contribution in [0, 0.1) is 0 Å². The molecule has 3 N–H and O–H groups in total. The van der Waals surface area contributed by atoms with Crippen LogP contribution in [0.5, 0.6) is 5.75 Å². The number of benzene rings is 3. The number of carboxylic acids is 1. The molecule has 0 spiro atoms. The Kier molecular flexibility index (Phi) is 12.0. The first kappa shape index (κ1) is 33.1. The van der Waals surface area contributed by atoms with E-state index >= 15 is 0 Å². The van der Waals surface area contributed by atoms with Gasteiger partial charge in [-0.3, -0.25) is 9.59 Å². The first-order chi connectivity index (χ1) is 19.9. The number of hydrogen-bond donors (Lipinski definition) is 3. The van der Waals surface area contributed by atoms with Gasteiger partial charge in [0, 0.05) is 21.1 Å². The van der Waals surface area contributed by atoms with Crippen LogP contribution in [0.25, 0.3) is 0 Å². The van der Waals surface area contributed by atoms with Crippen LogP contribution in [-0.4, -0.2) is 29.3 Å². The van der Waals surface area contributed by atoms with Gasteiger partial charge in [-0.05, 0) is 65.8 Å². The predicted octanol–water partition coefficient (Wildman–Crippen LogP) is 7.26. The lowest BCUT2D eigenvalue weighted by Crippen LogP contribution is -2.35. The molecule has 12 heteroatoms. The van der Waals surface area contributed by atoms with Crippen molar-refractivity contribution in [2.45, 2.75) is 58.0 Å². The van der Waals surface area contributed by atoms with E-state index in [9.17, 15) is 27.6 Å². The molecule has 0 aliphatic heterocycles. The summed E-state index contributed by atoms with van der Waals surface area (Å²) in [6.45, 7) is 2.49. The van der Waals surface area contributed by atoms with E-state index in [-0.39, 0.29) is 17.9 Å². The molecule has 0 radical (unpaired) electrons. The Morgan fingerprint density at radius 1 is 0.952 bits per heavy atom. The van der Waals surface area contributed by atoms with Crippen molar-refractivity contribution >= 4 is 49.6 Å². The summed E-state index contributed by atoms with van der Waals surface area (Å²) in [7, 11) is 0. The van der Waals surface area contributed by atoms with Gasteiger partial charge in [-0.1, -0.05) is 88.0 Å². The van der Waals surface area contributed by atoms with E-state index in [1.165, 1.54) is 24.1 Å². The number of alkyl halides is 3. The fourth-order valence-electron chi connectivity index (χ4n) is 4.22. The number of unbranched alkanes of at least 4 members (excludes halogenated alkanes) is 2. The van der Waals surface area contributed by atoms with Gasteiger partial charge in [0.15, 0.2) is 0 Å². The summed E-state index contributed by atoms with van der Waals surface area (Å²) in [5.41, 5.74) is 3.26. The predicted molar refractivity (Wildman–Crippen MR) is 158 cm³/mol. The molecule has 0 saturated carbocycles. The number of carboxylic acid groups (broad SMARTS) is 1.